The van der Waals surface area contributed by atoms with Crippen molar-refractivity contribution in [3.8, 4) is 0 Å². The lowest BCUT2D eigenvalue weighted by molar-refractivity contribution is -0.152. The molecule has 1 aliphatic rings. The van der Waals surface area contributed by atoms with E-state index in [1.165, 1.54) is 4.90 Å². The largest absolute Gasteiger partial charge is 0.480 e. The molecule has 5 heteroatoms. The van der Waals surface area contributed by atoms with Gasteiger partial charge in [-0.1, -0.05) is 0 Å². The number of hydrogen-bond donors (Lipinski definition) is 2. The first kappa shape index (κ1) is 9.98. The van der Waals surface area contributed by atoms with Crippen molar-refractivity contribution >= 4 is 11.9 Å². The molecule has 0 spiro atoms. The van der Waals surface area contributed by atoms with Gasteiger partial charge in [0.1, 0.15) is 12.1 Å². The molecule has 74 valence electrons. The summed E-state index contributed by atoms with van der Waals surface area (Å²) in [6.07, 6.45) is 1.74. The van der Waals surface area contributed by atoms with Crippen molar-refractivity contribution in [3.05, 3.63) is 0 Å². The van der Waals surface area contributed by atoms with E-state index in [-0.39, 0.29) is 0 Å². The number of likely N-dealkylation sites (N-methyl/N-ethyl adjacent to an activating group) is 1. The molecule has 0 aromatic heterocycles. The molecule has 5 nitrogen and oxygen atoms in total. The number of likely N-dealkylation sites (tertiary alicyclic amines) is 1. The number of carboxylic acids is 2. The third-order valence-corrected chi connectivity index (χ3v) is 2.51. The Labute approximate surface area is 76.0 Å². The zero-order valence-corrected chi connectivity index (χ0v) is 7.43. The zero-order chi connectivity index (χ0) is 10.0. The van der Waals surface area contributed by atoms with Crippen LogP contribution in [0.1, 0.15) is 19.3 Å². The monoisotopic (exact) mass is 187 g/mol. The highest BCUT2D eigenvalue weighted by molar-refractivity contribution is 5.78. The zero-order valence-electron chi connectivity index (χ0n) is 7.43. The van der Waals surface area contributed by atoms with Gasteiger partial charge in [0.05, 0.1) is 0 Å². The summed E-state index contributed by atoms with van der Waals surface area (Å²) in [5.74, 6) is -1.87. The van der Waals surface area contributed by atoms with Crippen LogP contribution in [0, 0.1) is 0 Å². The Hall–Kier alpha value is -1.10. The van der Waals surface area contributed by atoms with Gasteiger partial charge in [-0.25, -0.2) is 0 Å². The van der Waals surface area contributed by atoms with E-state index in [0.29, 0.717) is 19.3 Å². The number of piperidine rings is 1. The van der Waals surface area contributed by atoms with Crippen molar-refractivity contribution in [2.24, 2.45) is 0 Å². The fourth-order valence-electron chi connectivity index (χ4n) is 1.72. The van der Waals surface area contributed by atoms with Gasteiger partial charge in [0.2, 0.25) is 0 Å². The summed E-state index contributed by atoms with van der Waals surface area (Å²) in [5, 5.41) is 17.5. The smallest absolute Gasteiger partial charge is 0.320 e. The fourth-order valence-corrected chi connectivity index (χ4v) is 1.72. The van der Waals surface area contributed by atoms with Gasteiger partial charge in [-0.15, -0.1) is 0 Å². The van der Waals surface area contributed by atoms with Crippen molar-refractivity contribution < 1.29 is 19.8 Å². The minimum Gasteiger partial charge on any atom is -0.480 e. The average molecular weight is 187 g/mol. The van der Waals surface area contributed by atoms with Crippen LogP contribution in [0.3, 0.4) is 0 Å². The first-order valence-corrected chi connectivity index (χ1v) is 4.21. The number of carboxylic acid groups (broad SMARTS) is 2. The third kappa shape index (κ3) is 1.98. The number of nitrogens with zero attached hydrogens (tertiary/aromatic N) is 1. The molecule has 0 saturated carbocycles. The Morgan fingerprint density at radius 1 is 1.15 bits per heavy atom. The van der Waals surface area contributed by atoms with Crippen LogP contribution in [0.5, 0.6) is 0 Å². The van der Waals surface area contributed by atoms with Gasteiger partial charge in [-0.2, -0.15) is 0 Å². The van der Waals surface area contributed by atoms with E-state index in [0.717, 1.165) is 0 Å². The summed E-state index contributed by atoms with van der Waals surface area (Å²) < 4.78 is 0. The lowest BCUT2D eigenvalue weighted by Gasteiger charge is -2.34. The molecular weight excluding hydrogens is 174 g/mol. The Morgan fingerprint density at radius 3 is 1.85 bits per heavy atom. The van der Waals surface area contributed by atoms with Gasteiger partial charge in [-0.05, 0) is 26.3 Å². The molecule has 1 rings (SSSR count). The lowest BCUT2D eigenvalue weighted by atomic mass is 9.96. The molecule has 0 unspecified atom stereocenters. The van der Waals surface area contributed by atoms with E-state index in [1.54, 1.807) is 7.05 Å². The summed E-state index contributed by atoms with van der Waals surface area (Å²) in [4.78, 5) is 22.8. The predicted molar refractivity (Wildman–Crippen MR) is 44.5 cm³/mol. The summed E-state index contributed by atoms with van der Waals surface area (Å²) in [7, 11) is 1.55. The molecular formula is C8H13NO4. The van der Waals surface area contributed by atoms with E-state index in [2.05, 4.69) is 0 Å². The highest BCUT2D eigenvalue weighted by atomic mass is 16.4. The van der Waals surface area contributed by atoms with Crippen LogP contribution < -0.4 is 0 Å². The second kappa shape index (κ2) is 3.74. The predicted octanol–water partition coefficient (Wildman–Crippen LogP) is 0.00850. The van der Waals surface area contributed by atoms with Crippen molar-refractivity contribution in [1.29, 1.82) is 0 Å². The minimum atomic E-state index is -0.937. The van der Waals surface area contributed by atoms with Crippen molar-refractivity contribution in [3.63, 3.8) is 0 Å². The SMILES string of the molecule is CN1[C@@H](C(=O)O)CCC[C@@H]1C(=O)O. The summed E-state index contributed by atoms with van der Waals surface area (Å²) in [6, 6.07) is -1.29. The third-order valence-electron chi connectivity index (χ3n) is 2.51. The molecule has 0 aliphatic carbocycles. The first-order valence-electron chi connectivity index (χ1n) is 4.21. The second-order valence-electron chi connectivity index (χ2n) is 3.30. The van der Waals surface area contributed by atoms with Crippen LogP contribution in [-0.4, -0.2) is 46.2 Å². The summed E-state index contributed by atoms with van der Waals surface area (Å²) in [5.41, 5.74) is 0. The molecule has 1 aliphatic heterocycles. The summed E-state index contributed by atoms with van der Waals surface area (Å²) >= 11 is 0. The lowest BCUT2D eigenvalue weighted by Crippen LogP contribution is -2.51. The van der Waals surface area contributed by atoms with E-state index in [4.69, 9.17) is 10.2 Å². The molecule has 0 radical (unpaired) electrons. The van der Waals surface area contributed by atoms with Crippen LogP contribution in [-0.2, 0) is 9.59 Å². The molecule has 1 saturated heterocycles. The topological polar surface area (TPSA) is 77.8 Å². The first-order chi connectivity index (χ1) is 6.04. The fraction of sp³-hybridized carbons (Fsp3) is 0.750. The van der Waals surface area contributed by atoms with E-state index in [1.807, 2.05) is 0 Å². The Morgan fingerprint density at radius 2 is 1.54 bits per heavy atom. The number of rotatable bonds is 2. The molecule has 2 atom stereocenters. The van der Waals surface area contributed by atoms with Crippen molar-refractivity contribution in [1.82, 2.24) is 4.90 Å². The molecule has 0 aromatic carbocycles. The molecule has 13 heavy (non-hydrogen) atoms. The Bertz CT molecular complexity index is 206. The number of carbonyl (C=O) groups is 2. The van der Waals surface area contributed by atoms with Gasteiger partial charge in [0.25, 0.3) is 0 Å². The highest BCUT2D eigenvalue weighted by Gasteiger charge is 2.35. The molecule has 0 amide bonds. The normalized spacial score (nSPS) is 29.9. The molecule has 0 bridgehead atoms. The van der Waals surface area contributed by atoms with Crippen LogP contribution in [0.2, 0.25) is 0 Å². The van der Waals surface area contributed by atoms with E-state index < -0.39 is 24.0 Å². The van der Waals surface area contributed by atoms with E-state index in [9.17, 15) is 9.59 Å². The average Bonchev–Trinajstić information content (AvgIpc) is 2.03. The van der Waals surface area contributed by atoms with Gasteiger partial charge >= 0.3 is 11.9 Å². The van der Waals surface area contributed by atoms with E-state index >= 15 is 0 Å². The molecule has 2 N–H and O–H groups in total. The van der Waals surface area contributed by atoms with Gasteiger partial charge in [0.15, 0.2) is 0 Å². The maximum atomic E-state index is 10.7. The number of aliphatic carboxylic acids is 2. The standard InChI is InChI=1S/C8H13NO4/c1-9-5(7(10)11)3-2-4-6(9)8(12)13/h5-6H,2-4H2,1H3,(H,10,11)(H,12,13)/t5-,6-/m1/s1. The maximum absolute atomic E-state index is 10.7. The van der Waals surface area contributed by atoms with Crippen LogP contribution in [0.15, 0.2) is 0 Å². The van der Waals surface area contributed by atoms with Crippen LogP contribution in [0.25, 0.3) is 0 Å². The van der Waals surface area contributed by atoms with Gasteiger partial charge < -0.3 is 10.2 Å². The second-order valence-corrected chi connectivity index (χ2v) is 3.30. The Balaban J connectivity index is 2.71. The molecule has 1 heterocycles. The van der Waals surface area contributed by atoms with Gasteiger partial charge in [0, 0.05) is 0 Å². The maximum Gasteiger partial charge on any atom is 0.320 e. The summed E-state index contributed by atoms with van der Waals surface area (Å²) in [6.45, 7) is 0. The van der Waals surface area contributed by atoms with Crippen molar-refractivity contribution in [2.75, 3.05) is 7.05 Å². The number of hydrogen-bond acceptors (Lipinski definition) is 3. The van der Waals surface area contributed by atoms with Gasteiger partial charge in [-0.3, -0.25) is 14.5 Å². The van der Waals surface area contributed by atoms with Crippen molar-refractivity contribution in [2.45, 2.75) is 31.3 Å². The highest BCUT2D eigenvalue weighted by Crippen LogP contribution is 2.21. The molecule has 0 aromatic rings. The van der Waals surface area contributed by atoms with Crippen LogP contribution >= 0.6 is 0 Å². The Kier molecular flexibility index (Phi) is 2.87. The quantitative estimate of drug-likeness (QED) is 0.636. The molecule has 1 fully saturated rings. The minimum absolute atomic E-state index is 0.537. The van der Waals surface area contributed by atoms with Crippen LogP contribution in [0.4, 0.5) is 0 Å².